The molecule has 0 aliphatic carbocycles. The third-order valence-electron chi connectivity index (χ3n) is 2.76. The monoisotopic (exact) mass is 272 g/mol. The van der Waals surface area contributed by atoms with Crippen molar-refractivity contribution < 1.29 is 14.6 Å². The summed E-state index contributed by atoms with van der Waals surface area (Å²) in [4.78, 5) is 19.3. The molecule has 20 heavy (non-hydrogen) atoms. The molecular weight excluding hydrogens is 256 g/mol. The predicted molar refractivity (Wildman–Crippen MR) is 74.0 cm³/mol. The second-order valence-corrected chi connectivity index (χ2v) is 4.38. The number of carbonyl (C=O) groups is 1. The van der Waals surface area contributed by atoms with E-state index in [1.807, 2.05) is 6.92 Å². The fourth-order valence-corrected chi connectivity index (χ4v) is 1.86. The van der Waals surface area contributed by atoms with Crippen LogP contribution in [-0.2, 0) is 17.6 Å². The first kappa shape index (κ1) is 14.0. The van der Waals surface area contributed by atoms with Crippen molar-refractivity contribution in [3.8, 4) is 11.6 Å². The Balaban J connectivity index is 2.30. The molecule has 0 unspecified atom stereocenters. The highest BCUT2D eigenvalue weighted by atomic mass is 16.5. The summed E-state index contributed by atoms with van der Waals surface area (Å²) in [6.07, 6.45) is 0.706. The first-order chi connectivity index (χ1) is 9.58. The van der Waals surface area contributed by atoms with Gasteiger partial charge in [0.2, 0.25) is 5.88 Å². The van der Waals surface area contributed by atoms with E-state index in [1.165, 1.54) is 0 Å². The van der Waals surface area contributed by atoms with Gasteiger partial charge in [0.25, 0.3) is 0 Å². The minimum atomic E-state index is -0.894. The normalized spacial score (nSPS) is 10.3. The molecule has 5 nitrogen and oxygen atoms in total. The molecule has 0 saturated carbocycles. The zero-order valence-corrected chi connectivity index (χ0v) is 11.5. The van der Waals surface area contributed by atoms with Crippen molar-refractivity contribution in [1.82, 2.24) is 9.97 Å². The Morgan fingerprint density at radius 1 is 1.30 bits per heavy atom. The van der Waals surface area contributed by atoms with Crippen LogP contribution >= 0.6 is 0 Å². The number of aryl methyl sites for hydroxylation is 2. The van der Waals surface area contributed by atoms with E-state index in [4.69, 9.17) is 9.84 Å². The summed E-state index contributed by atoms with van der Waals surface area (Å²) >= 11 is 0. The lowest BCUT2D eigenvalue weighted by atomic mass is 10.1. The molecule has 0 aliphatic rings. The molecule has 0 saturated heterocycles. The number of hydrogen-bond donors (Lipinski definition) is 1. The first-order valence-electron chi connectivity index (χ1n) is 6.40. The number of benzene rings is 1. The van der Waals surface area contributed by atoms with Crippen LogP contribution in [0, 0.1) is 6.92 Å². The molecule has 5 heteroatoms. The molecule has 2 rings (SSSR count). The Hall–Kier alpha value is -2.43. The summed E-state index contributed by atoms with van der Waals surface area (Å²) in [5.74, 6) is 0.687. The van der Waals surface area contributed by atoms with Crippen molar-refractivity contribution in [2.45, 2.75) is 26.7 Å². The van der Waals surface area contributed by atoms with Crippen molar-refractivity contribution >= 4 is 5.97 Å². The Labute approximate surface area is 117 Å². The maximum Gasteiger partial charge on any atom is 0.307 e. The van der Waals surface area contributed by atoms with Crippen LogP contribution in [0.25, 0.3) is 0 Å². The predicted octanol–water partition coefficient (Wildman–Crippen LogP) is 2.77. The zero-order chi connectivity index (χ0) is 14.5. The molecule has 1 aromatic heterocycles. The van der Waals surface area contributed by atoms with Gasteiger partial charge in [-0.2, -0.15) is 4.98 Å². The molecule has 0 radical (unpaired) electrons. The van der Waals surface area contributed by atoms with Gasteiger partial charge in [0.05, 0.1) is 6.42 Å². The molecule has 0 amide bonds. The van der Waals surface area contributed by atoms with E-state index in [1.54, 1.807) is 37.3 Å². The topological polar surface area (TPSA) is 72.3 Å². The van der Waals surface area contributed by atoms with Gasteiger partial charge in [-0.1, -0.05) is 25.1 Å². The molecule has 2 aromatic rings. The number of ether oxygens (including phenoxy) is 1. The SMILES string of the molecule is CCc1cc(Oc2ccccc2CC(=O)O)nc(C)n1. The van der Waals surface area contributed by atoms with E-state index in [-0.39, 0.29) is 6.42 Å². The summed E-state index contributed by atoms with van der Waals surface area (Å²) in [5, 5.41) is 8.90. The smallest absolute Gasteiger partial charge is 0.307 e. The fraction of sp³-hybridized carbons (Fsp3) is 0.267. The van der Waals surface area contributed by atoms with E-state index in [9.17, 15) is 4.79 Å². The molecule has 0 spiro atoms. The first-order valence-corrected chi connectivity index (χ1v) is 6.40. The number of aliphatic carboxylic acids is 1. The molecule has 0 atom stereocenters. The molecule has 0 bridgehead atoms. The Morgan fingerprint density at radius 3 is 2.75 bits per heavy atom. The molecule has 0 fully saturated rings. The van der Waals surface area contributed by atoms with Crippen molar-refractivity contribution in [3.05, 3.63) is 47.4 Å². The number of nitrogens with zero attached hydrogens (tertiary/aromatic N) is 2. The van der Waals surface area contributed by atoms with Gasteiger partial charge in [-0.3, -0.25) is 4.79 Å². The van der Waals surface area contributed by atoms with Crippen LogP contribution in [0.15, 0.2) is 30.3 Å². The van der Waals surface area contributed by atoms with Crippen molar-refractivity contribution in [1.29, 1.82) is 0 Å². The van der Waals surface area contributed by atoms with Crippen molar-refractivity contribution in [2.75, 3.05) is 0 Å². The van der Waals surface area contributed by atoms with Gasteiger partial charge < -0.3 is 9.84 Å². The van der Waals surface area contributed by atoms with Gasteiger partial charge in [-0.25, -0.2) is 4.98 Å². The number of rotatable bonds is 5. The van der Waals surface area contributed by atoms with Crippen LogP contribution in [0.4, 0.5) is 0 Å². The highest BCUT2D eigenvalue weighted by Gasteiger charge is 2.10. The van der Waals surface area contributed by atoms with Crippen LogP contribution in [-0.4, -0.2) is 21.0 Å². The third kappa shape index (κ3) is 3.54. The third-order valence-corrected chi connectivity index (χ3v) is 2.76. The number of para-hydroxylation sites is 1. The second-order valence-electron chi connectivity index (χ2n) is 4.38. The van der Waals surface area contributed by atoms with E-state index >= 15 is 0 Å². The molecule has 1 heterocycles. The largest absolute Gasteiger partial charge is 0.481 e. The number of aromatic nitrogens is 2. The van der Waals surface area contributed by atoms with Gasteiger partial charge in [0, 0.05) is 17.3 Å². The lowest BCUT2D eigenvalue weighted by Gasteiger charge is -2.10. The lowest BCUT2D eigenvalue weighted by molar-refractivity contribution is -0.136. The van der Waals surface area contributed by atoms with Gasteiger partial charge >= 0.3 is 5.97 Å². The molecule has 1 N–H and O–H groups in total. The standard InChI is InChI=1S/C15H16N2O3/c1-3-12-9-14(17-10(2)16-12)20-13-7-5-4-6-11(13)8-15(18)19/h4-7,9H,3,8H2,1-2H3,(H,18,19). The minimum absolute atomic E-state index is 0.0825. The molecule has 104 valence electrons. The average Bonchev–Trinajstić information content (AvgIpc) is 2.39. The van der Waals surface area contributed by atoms with Crippen LogP contribution in [0.1, 0.15) is 24.0 Å². The summed E-state index contributed by atoms with van der Waals surface area (Å²) in [6, 6.07) is 8.83. The fourth-order valence-electron chi connectivity index (χ4n) is 1.86. The van der Waals surface area contributed by atoms with E-state index in [0.717, 1.165) is 12.1 Å². The van der Waals surface area contributed by atoms with Crippen molar-refractivity contribution in [3.63, 3.8) is 0 Å². The molecular formula is C15H16N2O3. The van der Waals surface area contributed by atoms with Crippen LogP contribution in [0.2, 0.25) is 0 Å². The highest BCUT2D eigenvalue weighted by Crippen LogP contribution is 2.24. The van der Waals surface area contributed by atoms with E-state index in [0.29, 0.717) is 23.0 Å². The number of carboxylic acids is 1. The lowest BCUT2D eigenvalue weighted by Crippen LogP contribution is -2.03. The number of hydrogen-bond acceptors (Lipinski definition) is 4. The van der Waals surface area contributed by atoms with Gasteiger partial charge in [-0.05, 0) is 19.4 Å². The summed E-state index contributed by atoms with van der Waals surface area (Å²) < 4.78 is 5.72. The summed E-state index contributed by atoms with van der Waals surface area (Å²) in [7, 11) is 0. The van der Waals surface area contributed by atoms with Crippen LogP contribution < -0.4 is 4.74 Å². The van der Waals surface area contributed by atoms with Gasteiger partial charge in [0.15, 0.2) is 0 Å². The highest BCUT2D eigenvalue weighted by molar-refractivity contribution is 5.71. The minimum Gasteiger partial charge on any atom is -0.481 e. The summed E-state index contributed by atoms with van der Waals surface area (Å²) in [6.45, 7) is 3.80. The van der Waals surface area contributed by atoms with E-state index in [2.05, 4.69) is 9.97 Å². The Kier molecular flexibility index (Phi) is 4.30. The maximum absolute atomic E-state index is 10.8. The van der Waals surface area contributed by atoms with Gasteiger partial charge in [0.1, 0.15) is 11.6 Å². The summed E-state index contributed by atoms with van der Waals surface area (Å²) in [5.41, 5.74) is 1.51. The average molecular weight is 272 g/mol. The second kappa shape index (κ2) is 6.14. The number of carboxylic acid groups (broad SMARTS) is 1. The van der Waals surface area contributed by atoms with Gasteiger partial charge in [-0.15, -0.1) is 0 Å². The van der Waals surface area contributed by atoms with E-state index < -0.39 is 5.97 Å². The zero-order valence-electron chi connectivity index (χ0n) is 11.5. The molecule has 1 aromatic carbocycles. The van der Waals surface area contributed by atoms with Crippen LogP contribution in [0.3, 0.4) is 0 Å². The Morgan fingerprint density at radius 2 is 2.05 bits per heavy atom. The quantitative estimate of drug-likeness (QED) is 0.906. The Bertz CT molecular complexity index is 626. The van der Waals surface area contributed by atoms with Crippen molar-refractivity contribution in [2.24, 2.45) is 0 Å². The van der Waals surface area contributed by atoms with Crippen LogP contribution in [0.5, 0.6) is 11.6 Å². The maximum atomic E-state index is 10.8. The molecule has 0 aliphatic heterocycles.